The zero-order valence-corrected chi connectivity index (χ0v) is 14.8. The summed E-state index contributed by atoms with van der Waals surface area (Å²) in [5, 5.41) is 2.71. The molecule has 136 valence electrons. The molecule has 0 aliphatic carbocycles. The molecule has 1 N–H and O–H groups in total. The summed E-state index contributed by atoms with van der Waals surface area (Å²) in [6.07, 6.45) is 0. The highest BCUT2D eigenvalue weighted by molar-refractivity contribution is 7.89. The number of amides is 2. The lowest BCUT2D eigenvalue weighted by atomic mass is 10.1. The van der Waals surface area contributed by atoms with Gasteiger partial charge in [-0.05, 0) is 31.2 Å². The molecule has 0 radical (unpaired) electrons. The fourth-order valence-corrected chi connectivity index (χ4v) is 4.34. The molecule has 1 unspecified atom stereocenters. The summed E-state index contributed by atoms with van der Waals surface area (Å²) >= 11 is 0. The molecule has 2 amide bonds. The first-order valence-corrected chi connectivity index (χ1v) is 9.62. The Bertz CT molecular complexity index is 756. The first-order valence-electron chi connectivity index (χ1n) is 8.18. The molecule has 1 aromatic rings. The van der Waals surface area contributed by atoms with Gasteiger partial charge in [-0.15, -0.1) is 0 Å². The van der Waals surface area contributed by atoms with Crippen LogP contribution in [0.3, 0.4) is 0 Å². The fraction of sp³-hybridized carbons (Fsp3) is 0.500. The van der Waals surface area contributed by atoms with Crippen molar-refractivity contribution in [1.29, 1.82) is 0 Å². The number of nitrogens with zero attached hydrogens (tertiary/aromatic N) is 2. The third-order valence-corrected chi connectivity index (χ3v) is 6.38. The van der Waals surface area contributed by atoms with E-state index in [2.05, 4.69) is 5.32 Å². The van der Waals surface area contributed by atoms with Gasteiger partial charge in [0, 0.05) is 31.7 Å². The predicted molar refractivity (Wildman–Crippen MR) is 89.5 cm³/mol. The smallest absolute Gasteiger partial charge is 0.254 e. The largest absolute Gasteiger partial charge is 0.379 e. The summed E-state index contributed by atoms with van der Waals surface area (Å²) in [7, 11) is -3.58. The first kappa shape index (κ1) is 17.8. The maximum Gasteiger partial charge on any atom is 0.254 e. The van der Waals surface area contributed by atoms with E-state index in [0.29, 0.717) is 45.0 Å². The summed E-state index contributed by atoms with van der Waals surface area (Å²) in [6.45, 7) is 3.92. The highest BCUT2D eigenvalue weighted by Gasteiger charge is 2.30. The van der Waals surface area contributed by atoms with Crippen LogP contribution in [0.5, 0.6) is 0 Å². The van der Waals surface area contributed by atoms with E-state index in [9.17, 15) is 18.0 Å². The standard InChI is InChI=1S/C16H21N3O5S/c1-12-15(20)17-6-7-19(12)16(21)13-2-4-14(5-3-13)25(22,23)18-8-10-24-11-9-18/h2-5,12H,6-11H2,1H3,(H,17,20). The fourth-order valence-electron chi connectivity index (χ4n) is 2.93. The van der Waals surface area contributed by atoms with Crippen molar-refractivity contribution >= 4 is 21.8 Å². The van der Waals surface area contributed by atoms with Crippen molar-refractivity contribution in [3.05, 3.63) is 29.8 Å². The average Bonchev–Trinajstić information content (AvgIpc) is 2.64. The van der Waals surface area contributed by atoms with Crippen LogP contribution in [-0.4, -0.2) is 74.9 Å². The summed E-state index contributed by atoms with van der Waals surface area (Å²) < 4.78 is 31.7. The number of carbonyl (C=O) groups excluding carboxylic acids is 2. The average molecular weight is 367 g/mol. The molecule has 2 heterocycles. The number of rotatable bonds is 3. The van der Waals surface area contributed by atoms with Crippen LogP contribution >= 0.6 is 0 Å². The van der Waals surface area contributed by atoms with Crippen molar-refractivity contribution in [2.45, 2.75) is 17.9 Å². The highest BCUT2D eigenvalue weighted by atomic mass is 32.2. The number of morpholine rings is 1. The quantitative estimate of drug-likeness (QED) is 0.789. The van der Waals surface area contributed by atoms with E-state index >= 15 is 0 Å². The van der Waals surface area contributed by atoms with Gasteiger partial charge in [0.2, 0.25) is 15.9 Å². The van der Waals surface area contributed by atoms with Gasteiger partial charge >= 0.3 is 0 Å². The van der Waals surface area contributed by atoms with Crippen LogP contribution in [0.15, 0.2) is 29.2 Å². The molecule has 2 saturated heterocycles. The van der Waals surface area contributed by atoms with Gasteiger partial charge < -0.3 is 15.0 Å². The Morgan fingerprint density at radius 1 is 1.16 bits per heavy atom. The molecule has 3 rings (SSSR count). The molecule has 25 heavy (non-hydrogen) atoms. The number of hydrogen-bond acceptors (Lipinski definition) is 5. The molecule has 0 aromatic heterocycles. The molecular weight excluding hydrogens is 346 g/mol. The minimum Gasteiger partial charge on any atom is -0.379 e. The molecular formula is C16H21N3O5S. The Hall–Kier alpha value is -1.97. The van der Waals surface area contributed by atoms with Crippen LogP contribution in [0.2, 0.25) is 0 Å². The first-order chi connectivity index (χ1) is 11.9. The second kappa shape index (κ2) is 7.11. The molecule has 2 aliphatic heterocycles. The number of nitrogens with one attached hydrogen (secondary N) is 1. The van der Waals surface area contributed by atoms with E-state index in [0.717, 1.165) is 0 Å². The van der Waals surface area contributed by atoms with Crippen molar-refractivity contribution in [1.82, 2.24) is 14.5 Å². The predicted octanol–water partition coefficient (Wildman–Crippen LogP) is -0.332. The van der Waals surface area contributed by atoms with Crippen LogP contribution < -0.4 is 5.32 Å². The third-order valence-electron chi connectivity index (χ3n) is 4.47. The molecule has 1 atom stereocenters. The molecule has 0 spiro atoms. The van der Waals surface area contributed by atoms with E-state index in [1.54, 1.807) is 6.92 Å². The Kier molecular flexibility index (Phi) is 5.07. The molecule has 9 heteroatoms. The Morgan fingerprint density at radius 2 is 1.80 bits per heavy atom. The number of hydrogen-bond donors (Lipinski definition) is 1. The lowest BCUT2D eigenvalue weighted by Crippen LogP contribution is -2.55. The Morgan fingerprint density at radius 3 is 2.44 bits per heavy atom. The van der Waals surface area contributed by atoms with Crippen LogP contribution in [0.1, 0.15) is 17.3 Å². The van der Waals surface area contributed by atoms with Gasteiger partial charge in [0.25, 0.3) is 5.91 Å². The Labute approximate surface area is 146 Å². The zero-order chi connectivity index (χ0) is 18.0. The molecule has 0 bridgehead atoms. The lowest BCUT2D eigenvalue weighted by molar-refractivity contribution is -0.127. The Balaban J connectivity index is 1.77. The van der Waals surface area contributed by atoms with Crippen molar-refractivity contribution in [2.24, 2.45) is 0 Å². The SMILES string of the molecule is CC1C(=O)NCCN1C(=O)c1ccc(S(=O)(=O)N2CCOCC2)cc1. The van der Waals surface area contributed by atoms with Gasteiger partial charge in [-0.3, -0.25) is 9.59 Å². The summed E-state index contributed by atoms with van der Waals surface area (Å²) in [4.78, 5) is 25.9. The normalized spacial score (nSPS) is 22.5. The number of ether oxygens (including phenoxy) is 1. The summed E-state index contributed by atoms with van der Waals surface area (Å²) in [6, 6.07) is 5.32. The van der Waals surface area contributed by atoms with Gasteiger partial charge in [0.05, 0.1) is 18.1 Å². The van der Waals surface area contributed by atoms with Crippen LogP contribution in [-0.2, 0) is 19.6 Å². The van der Waals surface area contributed by atoms with E-state index in [1.807, 2.05) is 0 Å². The van der Waals surface area contributed by atoms with E-state index in [4.69, 9.17) is 4.74 Å². The second-order valence-corrected chi connectivity index (χ2v) is 7.94. The third kappa shape index (κ3) is 3.53. The van der Waals surface area contributed by atoms with Crippen molar-refractivity contribution < 1.29 is 22.7 Å². The van der Waals surface area contributed by atoms with Gasteiger partial charge in [0.15, 0.2) is 0 Å². The topological polar surface area (TPSA) is 96.0 Å². The zero-order valence-electron chi connectivity index (χ0n) is 14.0. The summed E-state index contributed by atoms with van der Waals surface area (Å²) in [5.74, 6) is -0.469. The molecule has 8 nitrogen and oxygen atoms in total. The van der Waals surface area contributed by atoms with Crippen molar-refractivity contribution in [3.63, 3.8) is 0 Å². The van der Waals surface area contributed by atoms with Gasteiger partial charge in [0.1, 0.15) is 6.04 Å². The number of sulfonamides is 1. The maximum atomic E-state index is 12.6. The monoisotopic (exact) mass is 367 g/mol. The number of piperazine rings is 1. The van der Waals surface area contributed by atoms with Gasteiger partial charge in [-0.1, -0.05) is 0 Å². The molecule has 2 aliphatic rings. The number of benzene rings is 1. The molecule has 2 fully saturated rings. The van der Waals surface area contributed by atoms with Crippen LogP contribution in [0, 0.1) is 0 Å². The van der Waals surface area contributed by atoms with Crippen LogP contribution in [0.4, 0.5) is 0 Å². The molecule has 1 aromatic carbocycles. The van der Waals surface area contributed by atoms with Crippen molar-refractivity contribution in [3.8, 4) is 0 Å². The summed E-state index contributed by atoms with van der Waals surface area (Å²) in [5.41, 5.74) is 0.363. The van der Waals surface area contributed by atoms with E-state index < -0.39 is 16.1 Å². The van der Waals surface area contributed by atoms with Gasteiger partial charge in [-0.2, -0.15) is 4.31 Å². The van der Waals surface area contributed by atoms with Crippen molar-refractivity contribution in [2.75, 3.05) is 39.4 Å². The van der Waals surface area contributed by atoms with E-state index in [-0.39, 0.29) is 16.7 Å². The van der Waals surface area contributed by atoms with Gasteiger partial charge in [-0.25, -0.2) is 8.42 Å². The minimum atomic E-state index is -3.58. The highest BCUT2D eigenvalue weighted by Crippen LogP contribution is 2.19. The second-order valence-electron chi connectivity index (χ2n) is 6.01. The van der Waals surface area contributed by atoms with Crippen LogP contribution in [0.25, 0.3) is 0 Å². The number of carbonyl (C=O) groups is 2. The minimum absolute atomic E-state index is 0.149. The van der Waals surface area contributed by atoms with E-state index in [1.165, 1.54) is 33.5 Å². The maximum absolute atomic E-state index is 12.6. The molecule has 0 saturated carbocycles. The lowest BCUT2D eigenvalue weighted by Gasteiger charge is -2.32.